The van der Waals surface area contributed by atoms with Gasteiger partial charge in [-0.2, -0.15) is 0 Å². The van der Waals surface area contributed by atoms with Crippen LogP contribution in [-0.4, -0.2) is 84.9 Å². The Bertz CT molecular complexity index is 938. The van der Waals surface area contributed by atoms with E-state index in [2.05, 4.69) is 10.6 Å². The van der Waals surface area contributed by atoms with Gasteiger partial charge in [-0.3, -0.25) is 9.59 Å². The first-order valence-corrected chi connectivity index (χ1v) is 13.8. The van der Waals surface area contributed by atoms with Crippen LogP contribution in [0.5, 0.6) is 11.5 Å². The van der Waals surface area contributed by atoms with Crippen LogP contribution in [0.1, 0.15) is 31.2 Å². The molecule has 0 aliphatic carbocycles. The van der Waals surface area contributed by atoms with Gasteiger partial charge in [0.15, 0.2) is 0 Å². The smallest absolute Gasteiger partial charge is 0.250 e. The third kappa shape index (κ3) is 16.7. The summed E-state index contributed by atoms with van der Waals surface area (Å²) in [5, 5.41) is 5.30. The van der Waals surface area contributed by atoms with Crippen LogP contribution in [0.4, 0.5) is 5.69 Å². The Morgan fingerprint density at radius 2 is 1.05 bits per heavy atom. The number of carbonyl (C=O) groups is 2. The van der Waals surface area contributed by atoms with Gasteiger partial charge >= 0.3 is 0 Å². The summed E-state index contributed by atoms with van der Waals surface area (Å²) in [4.78, 5) is 23.1. The molecule has 0 aromatic heterocycles. The van der Waals surface area contributed by atoms with Gasteiger partial charge in [0, 0.05) is 45.6 Å². The van der Waals surface area contributed by atoms with Gasteiger partial charge in [-0.1, -0.05) is 17.7 Å². The van der Waals surface area contributed by atoms with E-state index in [0.29, 0.717) is 58.5 Å². The van der Waals surface area contributed by atoms with Crippen LogP contribution in [0.25, 0.3) is 0 Å². The highest BCUT2D eigenvalue weighted by molar-refractivity contribution is 5.91. The lowest BCUT2D eigenvalue weighted by Gasteiger charge is -2.09. The monoisotopic (exact) mass is 560 g/mol. The van der Waals surface area contributed by atoms with Crippen molar-refractivity contribution >= 4 is 17.5 Å². The van der Waals surface area contributed by atoms with Gasteiger partial charge in [-0.05, 0) is 62.6 Å². The van der Waals surface area contributed by atoms with Gasteiger partial charge in [-0.15, -0.1) is 0 Å². The van der Waals surface area contributed by atoms with Crippen LogP contribution < -0.4 is 20.1 Å². The lowest BCUT2D eigenvalue weighted by molar-refractivity contribution is -0.125. The van der Waals surface area contributed by atoms with Crippen molar-refractivity contribution in [2.24, 2.45) is 0 Å². The van der Waals surface area contributed by atoms with Crippen LogP contribution in [-0.2, 0) is 28.5 Å². The fourth-order valence-corrected chi connectivity index (χ4v) is 3.30. The molecule has 0 atom stereocenters. The zero-order valence-corrected chi connectivity index (χ0v) is 23.8. The molecule has 0 saturated carbocycles. The molecule has 2 aromatic rings. The topological polar surface area (TPSA) is 114 Å². The second kappa shape index (κ2) is 21.6. The van der Waals surface area contributed by atoms with Crippen molar-refractivity contribution in [3.63, 3.8) is 0 Å². The maximum Gasteiger partial charge on any atom is 0.250 e. The molecule has 0 aliphatic rings. The van der Waals surface area contributed by atoms with E-state index < -0.39 is 0 Å². The number of hydrogen-bond donors (Lipinski definition) is 2. The van der Waals surface area contributed by atoms with Crippen LogP contribution in [0.2, 0.25) is 0 Å². The molecule has 0 fully saturated rings. The van der Waals surface area contributed by atoms with Crippen molar-refractivity contribution in [3.8, 4) is 11.5 Å². The lowest BCUT2D eigenvalue weighted by atomic mass is 10.2. The van der Waals surface area contributed by atoms with Crippen molar-refractivity contribution in [2.75, 3.05) is 78.4 Å². The van der Waals surface area contributed by atoms with E-state index in [4.69, 9.17) is 28.4 Å². The molecule has 0 saturated heterocycles. The summed E-state index contributed by atoms with van der Waals surface area (Å²) >= 11 is 0. The number of unbranched alkanes of at least 4 members (excludes halogenated alkanes) is 1. The van der Waals surface area contributed by atoms with Crippen LogP contribution in [0.3, 0.4) is 0 Å². The van der Waals surface area contributed by atoms with Gasteiger partial charge < -0.3 is 39.1 Å². The summed E-state index contributed by atoms with van der Waals surface area (Å²) in [5.74, 6) is 1.25. The van der Waals surface area contributed by atoms with E-state index in [1.165, 1.54) is 5.56 Å². The fourth-order valence-electron chi connectivity index (χ4n) is 3.30. The number of benzene rings is 2. The quantitative estimate of drug-likeness (QED) is 0.198. The Labute approximate surface area is 237 Å². The van der Waals surface area contributed by atoms with Gasteiger partial charge in [0.1, 0.15) is 24.7 Å². The first-order chi connectivity index (χ1) is 19.6. The summed E-state index contributed by atoms with van der Waals surface area (Å²) in [7, 11) is 1.57. The predicted molar refractivity (Wildman–Crippen MR) is 153 cm³/mol. The molecule has 2 N–H and O–H groups in total. The molecule has 222 valence electrons. The number of nitrogens with one attached hydrogen (secondary N) is 2. The molecule has 0 radical (unpaired) electrons. The zero-order valence-electron chi connectivity index (χ0n) is 23.8. The Morgan fingerprint density at radius 3 is 1.75 bits per heavy atom. The number of anilines is 1. The Hall–Kier alpha value is -3.18. The average Bonchev–Trinajstić information content (AvgIpc) is 2.96. The highest BCUT2D eigenvalue weighted by Gasteiger charge is 2.04. The van der Waals surface area contributed by atoms with Crippen LogP contribution in [0.15, 0.2) is 48.5 Å². The van der Waals surface area contributed by atoms with E-state index >= 15 is 0 Å². The molecule has 0 heterocycles. The maximum absolute atomic E-state index is 12.1. The first-order valence-electron chi connectivity index (χ1n) is 13.8. The summed E-state index contributed by atoms with van der Waals surface area (Å²) < 4.78 is 33.0. The zero-order chi connectivity index (χ0) is 28.7. The van der Waals surface area contributed by atoms with Crippen molar-refractivity contribution in [2.45, 2.75) is 32.6 Å². The average molecular weight is 561 g/mol. The van der Waals surface area contributed by atoms with Crippen LogP contribution in [0, 0.1) is 6.92 Å². The summed E-state index contributed by atoms with van der Waals surface area (Å²) in [5.41, 5.74) is 1.89. The van der Waals surface area contributed by atoms with E-state index in [9.17, 15) is 9.59 Å². The Kier molecular flexibility index (Phi) is 17.9. The van der Waals surface area contributed by atoms with Gasteiger partial charge in [-0.25, -0.2) is 0 Å². The highest BCUT2D eigenvalue weighted by Crippen LogP contribution is 2.16. The fraction of sp³-hybridized carbons (Fsp3) is 0.533. The maximum atomic E-state index is 12.1. The van der Waals surface area contributed by atoms with Crippen LogP contribution >= 0.6 is 0 Å². The first kappa shape index (κ1) is 33.0. The van der Waals surface area contributed by atoms with E-state index in [-0.39, 0.29) is 25.0 Å². The van der Waals surface area contributed by atoms with E-state index in [1.54, 1.807) is 19.2 Å². The summed E-state index contributed by atoms with van der Waals surface area (Å²) in [6.07, 6.45) is 3.24. The minimum absolute atomic E-state index is 0.00902. The Morgan fingerprint density at radius 1 is 0.575 bits per heavy atom. The molecular formula is C30H44N2O8. The minimum atomic E-state index is -0.207. The van der Waals surface area contributed by atoms with Crippen molar-refractivity contribution in [1.29, 1.82) is 0 Å². The summed E-state index contributed by atoms with van der Waals surface area (Å²) in [6, 6.07) is 15.2. The molecule has 40 heavy (non-hydrogen) atoms. The standard InChI is InChI=1S/C30H44N2O8/c1-25-7-11-27(12-8-25)40-20-6-17-35-16-5-18-37-24-30(34)32-26-9-13-28(14-10-26)39-19-4-3-15-36-21-22-38-23-29(33)31-2/h7-14H,3-6,15-24H2,1-2H3,(H,31,33)(H,32,34). The van der Waals surface area contributed by atoms with Gasteiger partial charge in [0.05, 0.1) is 26.4 Å². The van der Waals surface area contributed by atoms with Gasteiger partial charge in [0.25, 0.3) is 0 Å². The largest absolute Gasteiger partial charge is 0.494 e. The molecule has 0 bridgehead atoms. The Balaban J connectivity index is 1.38. The second-order valence-corrected chi connectivity index (χ2v) is 9.00. The molecule has 10 nitrogen and oxygen atoms in total. The van der Waals surface area contributed by atoms with E-state index in [0.717, 1.165) is 37.2 Å². The van der Waals surface area contributed by atoms with E-state index in [1.807, 2.05) is 43.3 Å². The third-order valence-electron chi connectivity index (χ3n) is 5.51. The van der Waals surface area contributed by atoms with Crippen molar-refractivity contribution in [1.82, 2.24) is 5.32 Å². The van der Waals surface area contributed by atoms with Crippen molar-refractivity contribution in [3.05, 3.63) is 54.1 Å². The molecule has 2 amide bonds. The number of carbonyl (C=O) groups excluding carboxylic acids is 2. The number of likely N-dealkylation sites (N-methyl/N-ethyl adjacent to an activating group) is 1. The van der Waals surface area contributed by atoms with Crippen molar-refractivity contribution < 1.29 is 38.0 Å². The second-order valence-electron chi connectivity index (χ2n) is 9.00. The number of hydrogen-bond acceptors (Lipinski definition) is 8. The summed E-state index contributed by atoms with van der Waals surface area (Å²) in [6.45, 7) is 6.38. The number of aryl methyl sites for hydroxylation is 1. The third-order valence-corrected chi connectivity index (χ3v) is 5.51. The lowest BCUT2D eigenvalue weighted by Crippen LogP contribution is -2.24. The molecule has 0 unspecified atom stereocenters. The molecular weight excluding hydrogens is 516 g/mol. The normalized spacial score (nSPS) is 10.8. The predicted octanol–water partition coefficient (Wildman–Crippen LogP) is 3.76. The minimum Gasteiger partial charge on any atom is -0.494 e. The molecule has 10 heteroatoms. The molecule has 2 rings (SSSR count). The van der Waals surface area contributed by atoms with Gasteiger partial charge in [0.2, 0.25) is 11.8 Å². The number of rotatable bonds is 23. The molecule has 0 spiro atoms. The SMILES string of the molecule is CNC(=O)COCCOCCCCOc1ccc(NC(=O)COCCCOCCCOc2ccc(C)cc2)cc1. The molecule has 0 aliphatic heterocycles. The number of amides is 2. The number of ether oxygens (including phenoxy) is 6. The highest BCUT2D eigenvalue weighted by atomic mass is 16.5. The molecule has 2 aromatic carbocycles.